The third-order valence-corrected chi connectivity index (χ3v) is 2.96. The van der Waals surface area contributed by atoms with Crippen LogP contribution in [0.15, 0.2) is 30.5 Å². The highest BCUT2D eigenvalue weighted by Gasteiger charge is 2.09. The molecule has 0 radical (unpaired) electrons. The van der Waals surface area contributed by atoms with E-state index >= 15 is 0 Å². The zero-order chi connectivity index (χ0) is 14.4. The number of methoxy groups -OCH3 is 1. The molecule has 1 heterocycles. The minimum absolute atomic E-state index is 0.560. The molecule has 0 fully saturated rings. The predicted octanol–water partition coefficient (Wildman–Crippen LogP) is 1.83. The molecular formula is C15H21N3O2. The van der Waals surface area contributed by atoms with Gasteiger partial charge in [-0.3, -0.25) is 4.68 Å². The number of nitrogens with zero attached hydrogens (tertiary/aromatic N) is 2. The van der Waals surface area contributed by atoms with E-state index in [0.717, 1.165) is 23.6 Å². The van der Waals surface area contributed by atoms with Gasteiger partial charge >= 0.3 is 0 Å². The molecule has 5 heteroatoms. The zero-order valence-electron chi connectivity index (χ0n) is 12.2. The van der Waals surface area contributed by atoms with Crippen LogP contribution >= 0.6 is 0 Å². The van der Waals surface area contributed by atoms with Gasteiger partial charge in [0.15, 0.2) is 0 Å². The lowest BCUT2D eigenvalue weighted by Crippen LogP contribution is -2.05. The Morgan fingerprint density at radius 1 is 1.20 bits per heavy atom. The molecule has 20 heavy (non-hydrogen) atoms. The highest BCUT2D eigenvalue weighted by atomic mass is 16.5. The van der Waals surface area contributed by atoms with Crippen molar-refractivity contribution in [1.29, 1.82) is 0 Å². The summed E-state index contributed by atoms with van der Waals surface area (Å²) in [7, 11) is 5.53. The molecule has 1 N–H and O–H groups in total. The van der Waals surface area contributed by atoms with Gasteiger partial charge in [-0.2, -0.15) is 5.10 Å². The lowest BCUT2D eigenvalue weighted by atomic mass is 10.1. The van der Waals surface area contributed by atoms with Crippen molar-refractivity contribution in [2.24, 2.45) is 7.05 Å². The number of aromatic nitrogens is 2. The number of aryl methyl sites for hydroxylation is 1. The summed E-state index contributed by atoms with van der Waals surface area (Å²) < 4.78 is 12.4. The standard InChI is InChI=1S/C15H21N3O2/c1-16-10-13-11-18(2)17-15(13)12-4-6-14(7-5-12)20-9-8-19-3/h4-7,11,16H,8-10H2,1-3H3. The predicted molar refractivity (Wildman–Crippen MR) is 78.8 cm³/mol. The van der Waals surface area contributed by atoms with E-state index in [2.05, 4.69) is 10.4 Å². The van der Waals surface area contributed by atoms with Crippen molar-refractivity contribution < 1.29 is 9.47 Å². The van der Waals surface area contributed by atoms with E-state index in [4.69, 9.17) is 9.47 Å². The van der Waals surface area contributed by atoms with Crippen LogP contribution in [0.2, 0.25) is 0 Å². The van der Waals surface area contributed by atoms with Gasteiger partial charge < -0.3 is 14.8 Å². The van der Waals surface area contributed by atoms with Crippen LogP contribution in [-0.2, 0) is 18.3 Å². The molecule has 0 unspecified atom stereocenters. The van der Waals surface area contributed by atoms with Crippen LogP contribution in [0.4, 0.5) is 0 Å². The third-order valence-electron chi connectivity index (χ3n) is 2.96. The summed E-state index contributed by atoms with van der Waals surface area (Å²) in [5.41, 5.74) is 3.28. The molecule has 2 rings (SSSR count). The van der Waals surface area contributed by atoms with Gasteiger partial charge in [-0.15, -0.1) is 0 Å². The molecule has 5 nitrogen and oxygen atoms in total. The minimum Gasteiger partial charge on any atom is -0.491 e. The van der Waals surface area contributed by atoms with Crippen LogP contribution in [0.3, 0.4) is 0 Å². The molecule has 2 aromatic rings. The number of hydrogen-bond acceptors (Lipinski definition) is 4. The number of nitrogens with one attached hydrogen (secondary N) is 1. The average Bonchev–Trinajstić information content (AvgIpc) is 2.81. The fourth-order valence-electron chi connectivity index (χ4n) is 2.05. The van der Waals surface area contributed by atoms with Crippen LogP contribution in [0.25, 0.3) is 11.3 Å². The second-order valence-corrected chi connectivity index (χ2v) is 4.57. The van der Waals surface area contributed by atoms with Crippen LogP contribution in [-0.4, -0.2) is 37.2 Å². The van der Waals surface area contributed by atoms with Gasteiger partial charge in [0.2, 0.25) is 0 Å². The number of hydrogen-bond donors (Lipinski definition) is 1. The molecule has 1 aromatic carbocycles. The van der Waals surface area contributed by atoms with Gasteiger partial charge in [-0.1, -0.05) is 0 Å². The zero-order valence-corrected chi connectivity index (χ0v) is 12.2. The highest BCUT2D eigenvalue weighted by molar-refractivity contribution is 5.63. The molecular weight excluding hydrogens is 254 g/mol. The van der Waals surface area contributed by atoms with Crippen molar-refractivity contribution >= 4 is 0 Å². The summed E-state index contributed by atoms with van der Waals surface area (Å²) >= 11 is 0. The highest BCUT2D eigenvalue weighted by Crippen LogP contribution is 2.24. The molecule has 0 aliphatic rings. The van der Waals surface area contributed by atoms with Crippen molar-refractivity contribution in [2.75, 3.05) is 27.4 Å². The monoisotopic (exact) mass is 275 g/mol. The first-order valence-electron chi connectivity index (χ1n) is 6.64. The van der Waals surface area contributed by atoms with Crippen LogP contribution in [0, 0.1) is 0 Å². The molecule has 0 bridgehead atoms. The number of benzene rings is 1. The Morgan fingerprint density at radius 3 is 2.60 bits per heavy atom. The molecule has 0 atom stereocenters. The SMILES string of the molecule is CNCc1cn(C)nc1-c1ccc(OCCOC)cc1. The summed E-state index contributed by atoms with van der Waals surface area (Å²) in [4.78, 5) is 0. The molecule has 0 saturated carbocycles. The van der Waals surface area contributed by atoms with Gasteiger partial charge in [0.25, 0.3) is 0 Å². The van der Waals surface area contributed by atoms with E-state index in [-0.39, 0.29) is 0 Å². The number of rotatable bonds is 7. The van der Waals surface area contributed by atoms with Crippen molar-refractivity contribution in [1.82, 2.24) is 15.1 Å². The topological polar surface area (TPSA) is 48.3 Å². The van der Waals surface area contributed by atoms with Crippen molar-refractivity contribution in [3.8, 4) is 17.0 Å². The van der Waals surface area contributed by atoms with Crippen molar-refractivity contribution in [3.63, 3.8) is 0 Å². The Hall–Kier alpha value is -1.85. The normalized spacial score (nSPS) is 10.8. The second-order valence-electron chi connectivity index (χ2n) is 4.57. The second kappa shape index (κ2) is 7.07. The van der Waals surface area contributed by atoms with E-state index in [0.29, 0.717) is 13.2 Å². The molecule has 108 valence electrons. The Kier molecular flexibility index (Phi) is 5.15. The summed E-state index contributed by atoms with van der Waals surface area (Å²) in [5, 5.41) is 7.68. The molecule has 0 spiro atoms. The van der Waals surface area contributed by atoms with Crippen LogP contribution < -0.4 is 10.1 Å². The smallest absolute Gasteiger partial charge is 0.119 e. The van der Waals surface area contributed by atoms with Crippen LogP contribution in [0.1, 0.15) is 5.56 Å². The molecule has 0 saturated heterocycles. The van der Waals surface area contributed by atoms with Crippen molar-refractivity contribution in [3.05, 3.63) is 36.0 Å². The Labute approximate surface area is 119 Å². The van der Waals surface area contributed by atoms with Crippen molar-refractivity contribution in [2.45, 2.75) is 6.54 Å². The summed E-state index contributed by atoms with van der Waals surface area (Å²) in [6, 6.07) is 7.99. The Bertz CT molecular complexity index is 535. The fourth-order valence-corrected chi connectivity index (χ4v) is 2.05. The van der Waals surface area contributed by atoms with E-state index in [9.17, 15) is 0 Å². The molecule has 0 amide bonds. The maximum absolute atomic E-state index is 5.56. The maximum atomic E-state index is 5.56. The van der Waals surface area contributed by atoms with E-state index in [1.807, 2.05) is 49.2 Å². The van der Waals surface area contributed by atoms with E-state index < -0.39 is 0 Å². The summed E-state index contributed by atoms with van der Waals surface area (Å²) in [6.07, 6.45) is 2.04. The fraction of sp³-hybridized carbons (Fsp3) is 0.400. The molecule has 0 aliphatic carbocycles. The van der Waals surface area contributed by atoms with Gasteiger partial charge in [0.1, 0.15) is 12.4 Å². The molecule has 0 aliphatic heterocycles. The van der Waals surface area contributed by atoms with E-state index in [1.165, 1.54) is 5.56 Å². The lowest BCUT2D eigenvalue weighted by Gasteiger charge is -2.06. The Balaban J connectivity index is 2.13. The van der Waals surface area contributed by atoms with Gasteiger partial charge in [0, 0.05) is 38.0 Å². The first kappa shape index (κ1) is 14.6. The minimum atomic E-state index is 0.560. The third kappa shape index (κ3) is 3.59. The average molecular weight is 275 g/mol. The maximum Gasteiger partial charge on any atom is 0.119 e. The number of ether oxygens (including phenoxy) is 2. The van der Waals surface area contributed by atoms with Gasteiger partial charge in [-0.25, -0.2) is 0 Å². The Morgan fingerprint density at radius 2 is 1.95 bits per heavy atom. The van der Waals surface area contributed by atoms with Gasteiger partial charge in [-0.05, 0) is 31.3 Å². The first-order chi connectivity index (χ1) is 9.74. The lowest BCUT2D eigenvalue weighted by molar-refractivity contribution is 0.146. The quantitative estimate of drug-likeness (QED) is 0.783. The largest absolute Gasteiger partial charge is 0.491 e. The summed E-state index contributed by atoms with van der Waals surface area (Å²) in [6.45, 7) is 1.95. The van der Waals surface area contributed by atoms with E-state index in [1.54, 1.807) is 7.11 Å². The molecule has 1 aromatic heterocycles. The van der Waals surface area contributed by atoms with Gasteiger partial charge in [0.05, 0.1) is 12.3 Å². The van der Waals surface area contributed by atoms with Crippen LogP contribution in [0.5, 0.6) is 5.75 Å². The summed E-state index contributed by atoms with van der Waals surface area (Å²) in [5.74, 6) is 0.844. The first-order valence-corrected chi connectivity index (χ1v) is 6.64.